The van der Waals surface area contributed by atoms with Gasteiger partial charge in [0.15, 0.2) is 0 Å². The van der Waals surface area contributed by atoms with E-state index in [1.807, 2.05) is 11.4 Å². The van der Waals surface area contributed by atoms with E-state index in [1.165, 1.54) is 12.1 Å². The van der Waals surface area contributed by atoms with Gasteiger partial charge in [-0.2, -0.15) is 18.4 Å². The van der Waals surface area contributed by atoms with Crippen LogP contribution in [-0.2, 0) is 14.6 Å². The molecule has 1 aliphatic rings. The van der Waals surface area contributed by atoms with Gasteiger partial charge >= 0.3 is 6.18 Å². The molecule has 2 aromatic carbocycles. The lowest BCUT2D eigenvalue weighted by Crippen LogP contribution is -2.54. The molecular weight excluding hydrogens is 553 g/mol. The Morgan fingerprint density at radius 2 is 1.63 bits per heavy atom. The van der Waals surface area contributed by atoms with Crippen molar-refractivity contribution in [3.8, 4) is 16.6 Å². The van der Waals surface area contributed by atoms with Gasteiger partial charge in [-0.1, -0.05) is 23.5 Å². The predicted octanol–water partition coefficient (Wildman–Crippen LogP) is 3.69. The zero-order valence-corrected chi connectivity index (χ0v) is 20.8. The molecule has 1 heterocycles. The molecule has 1 saturated carbocycles. The molecule has 1 amide bonds. The van der Waals surface area contributed by atoms with Crippen molar-refractivity contribution in [2.45, 2.75) is 41.0 Å². The molecule has 0 radical (unpaired) electrons. The van der Waals surface area contributed by atoms with Crippen LogP contribution in [0.25, 0.3) is 10.6 Å². The van der Waals surface area contributed by atoms with Crippen molar-refractivity contribution >= 4 is 27.1 Å². The molecule has 200 valence electrons. The SMILES string of the molecule is N#CC1(NC(=O)C(CS(=O)(=O)c2nnc(-c3ccc(F)cc3)s2)NC(c2ccc(F)cc2)C(F)(F)F)CC1. The van der Waals surface area contributed by atoms with Crippen LogP contribution in [0.4, 0.5) is 22.0 Å². The number of nitrogens with zero attached hydrogens (tertiary/aromatic N) is 3. The average molecular weight is 572 g/mol. The van der Waals surface area contributed by atoms with E-state index < -0.39 is 66.8 Å². The molecule has 8 nitrogen and oxygen atoms in total. The van der Waals surface area contributed by atoms with Gasteiger partial charge in [0.05, 0.1) is 11.8 Å². The van der Waals surface area contributed by atoms with Gasteiger partial charge in [-0.15, -0.1) is 10.2 Å². The van der Waals surface area contributed by atoms with Crippen molar-refractivity contribution in [3.63, 3.8) is 0 Å². The highest BCUT2D eigenvalue weighted by molar-refractivity contribution is 7.93. The number of amides is 1. The van der Waals surface area contributed by atoms with Crippen molar-refractivity contribution in [1.82, 2.24) is 20.8 Å². The number of aromatic nitrogens is 2. The van der Waals surface area contributed by atoms with Crippen LogP contribution < -0.4 is 10.6 Å². The highest BCUT2D eigenvalue weighted by Crippen LogP contribution is 2.36. The Labute approximate surface area is 217 Å². The summed E-state index contributed by atoms with van der Waals surface area (Å²) in [4.78, 5) is 13.0. The van der Waals surface area contributed by atoms with Gasteiger partial charge in [0.2, 0.25) is 20.1 Å². The molecule has 4 rings (SSSR count). The van der Waals surface area contributed by atoms with Crippen LogP contribution in [0.5, 0.6) is 0 Å². The van der Waals surface area contributed by atoms with Crippen LogP contribution in [0.2, 0.25) is 0 Å². The number of carbonyl (C=O) groups is 1. The third kappa shape index (κ3) is 6.32. The Kier molecular flexibility index (Phi) is 7.51. The second kappa shape index (κ2) is 10.4. The largest absolute Gasteiger partial charge is 0.407 e. The summed E-state index contributed by atoms with van der Waals surface area (Å²) in [6.45, 7) is 0. The fraction of sp³-hybridized carbons (Fsp3) is 0.304. The summed E-state index contributed by atoms with van der Waals surface area (Å²) in [5.74, 6) is -3.60. The van der Waals surface area contributed by atoms with Gasteiger partial charge < -0.3 is 5.32 Å². The predicted molar refractivity (Wildman–Crippen MR) is 125 cm³/mol. The van der Waals surface area contributed by atoms with Crippen LogP contribution in [0.15, 0.2) is 52.9 Å². The maximum atomic E-state index is 14.0. The van der Waals surface area contributed by atoms with Gasteiger partial charge in [-0.3, -0.25) is 10.1 Å². The minimum atomic E-state index is -4.99. The molecular formula is C23H18F5N5O3S2. The number of carbonyl (C=O) groups excluding carboxylic acids is 1. The fourth-order valence-corrected chi connectivity index (χ4v) is 6.01. The van der Waals surface area contributed by atoms with Crippen LogP contribution in [0, 0.1) is 23.0 Å². The first-order valence-electron chi connectivity index (χ1n) is 11.0. The smallest absolute Gasteiger partial charge is 0.336 e. The molecule has 0 bridgehead atoms. The number of rotatable bonds is 9. The molecule has 2 N–H and O–H groups in total. The van der Waals surface area contributed by atoms with Gasteiger partial charge in [0.25, 0.3) is 0 Å². The summed E-state index contributed by atoms with van der Waals surface area (Å²) in [5, 5.41) is 21.1. The summed E-state index contributed by atoms with van der Waals surface area (Å²) < 4.78 is 94.2. The molecule has 1 aromatic heterocycles. The van der Waals surface area contributed by atoms with Crippen LogP contribution in [0.1, 0.15) is 24.4 Å². The quantitative estimate of drug-likeness (QED) is 0.376. The maximum absolute atomic E-state index is 14.0. The minimum absolute atomic E-state index is 0.110. The number of nitrogens with one attached hydrogen (secondary N) is 2. The summed E-state index contributed by atoms with van der Waals surface area (Å²) in [5.41, 5.74) is -1.39. The van der Waals surface area contributed by atoms with E-state index in [4.69, 9.17) is 0 Å². The van der Waals surface area contributed by atoms with Gasteiger partial charge in [-0.05, 0) is 54.8 Å². The highest BCUT2D eigenvalue weighted by Gasteiger charge is 2.48. The van der Waals surface area contributed by atoms with Crippen LogP contribution >= 0.6 is 11.3 Å². The van der Waals surface area contributed by atoms with Crippen LogP contribution in [0.3, 0.4) is 0 Å². The number of halogens is 5. The van der Waals surface area contributed by atoms with Crippen LogP contribution in [-0.4, -0.2) is 48.0 Å². The third-order valence-electron chi connectivity index (χ3n) is 5.69. The normalized spacial score (nSPS) is 16.3. The second-order valence-corrected chi connectivity index (χ2v) is 11.8. The zero-order valence-electron chi connectivity index (χ0n) is 19.2. The van der Waals surface area contributed by atoms with E-state index in [1.54, 1.807) is 0 Å². The van der Waals surface area contributed by atoms with Gasteiger partial charge in [-0.25, -0.2) is 17.2 Å². The first kappa shape index (κ1) is 27.6. The van der Waals surface area contributed by atoms with Gasteiger partial charge in [0.1, 0.15) is 34.3 Å². The molecule has 1 fully saturated rings. The third-order valence-corrected chi connectivity index (χ3v) is 8.86. The monoisotopic (exact) mass is 571 g/mol. The van der Waals surface area contributed by atoms with E-state index in [0.717, 1.165) is 36.4 Å². The van der Waals surface area contributed by atoms with E-state index in [9.17, 15) is 40.4 Å². The Bertz CT molecular complexity index is 1460. The Hall–Kier alpha value is -3.48. The Morgan fingerprint density at radius 3 is 2.16 bits per heavy atom. The molecule has 38 heavy (non-hydrogen) atoms. The standard InChI is InChI=1S/C23H18F5N5O3S2/c24-15-5-1-13(2-6-15)18(23(26,27)28)30-17(19(34)31-22(12-29)9-10-22)11-38(35,36)21-33-32-20(37-21)14-3-7-16(25)8-4-14/h1-8,17-18,30H,9-11H2,(H,31,34). The van der Waals surface area contributed by atoms with Crippen molar-refractivity contribution in [2.75, 3.05) is 5.75 Å². The van der Waals surface area contributed by atoms with Crippen molar-refractivity contribution < 1.29 is 35.2 Å². The lowest BCUT2D eigenvalue weighted by molar-refractivity contribution is -0.160. The van der Waals surface area contributed by atoms with E-state index >= 15 is 0 Å². The van der Waals surface area contributed by atoms with E-state index in [-0.39, 0.29) is 17.8 Å². The maximum Gasteiger partial charge on any atom is 0.407 e. The molecule has 15 heteroatoms. The lowest BCUT2D eigenvalue weighted by Gasteiger charge is -2.27. The molecule has 1 aliphatic carbocycles. The van der Waals surface area contributed by atoms with E-state index in [0.29, 0.717) is 16.9 Å². The number of nitriles is 1. The first-order valence-corrected chi connectivity index (χ1v) is 13.4. The summed E-state index contributed by atoms with van der Waals surface area (Å²) in [6.07, 6.45) is -4.48. The summed E-state index contributed by atoms with van der Waals surface area (Å²) in [6, 6.07) is 5.63. The summed E-state index contributed by atoms with van der Waals surface area (Å²) >= 11 is 0.597. The molecule has 2 unspecified atom stereocenters. The Morgan fingerprint density at radius 1 is 1.05 bits per heavy atom. The summed E-state index contributed by atoms with van der Waals surface area (Å²) in [7, 11) is -4.48. The van der Waals surface area contributed by atoms with E-state index in [2.05, 4.69) is 15.5 Å². The zero-order chi connectivity index (χ0) is 27.7. The lowest BCUT2D eigenvalue weighted by atomic mass is 10.0. The fourth-order valence-electron chi connectivity index (χ4n) is 3.48. The van der Waals surface area contributed by atoms with Crippen molar-refractivity contribution in [3.05, 3.63) is 65.7 Å². The molecule has 3 aromatic rings. The number of hydrogen-bond donors (Lipinski definition) is 2. The van der Waals surface area contributed by atoms with Crippen molar-refractivity contribution in [1.29, 1.82) is 5.26 Å². The molecule has 0 aliphatic heterocycles. The highest BCUT2D eigenvalue weighted by atomic mass is 32.2. The minimum Gasteiger partial charge on any atom is -0.336 e. The first-order chi connectivity index (χ1) is 17.8. The number of benzene rings is 2. The molecule has 0 saturated heterocycles. The molecule has 0 spiro atoms. The average Bonchev–Trinajstić information content (AvgIpc) is 3.44. The topological polar surface area (TPSA) is 125 Å². The second-order valence-electron chi connectivity index (χ2n) is 8.59. The number of alkyl halides is 3. The van der Waals surface area contributed by atoms with Crippen molar-refractivity contribution in [2.24, 2.45) is 0 Å². The number of sulfone groups is 1. The van der Waals surface area contributed by atoms with Gasteiger partial charge in [0, 0.05) is 5.56 Å². The Balaban J connectivity index is 1.64. The molecule has 2 atom stereocenters. The number of hydrogen-bond acceptors (Lipinski definition) is 8.